The van der Waals surface area contributed by atoms with Gasteiger partial charge in [0.15, 0.2) is 5.69 Å². The lowest BCUT2D eigenvalue weighted by Crippen LogP contribution is -2.39. The molecular formula is C19H21F3N6O3S. The molecule has 0 aliphatic heterocycles. The van der Waals surface area contributed by atoms with Gasteiger partial charge in [0.2, 0.25) is 0 Å². The highest BCUT2D eigenvalue weighted by Gasteiger charge is 2.38. The van der Waals surface area contributed by atoms with Crippen LogP contribution in [0.15, 0.2) is 36.7 Å². The lowest BCUT2D eigenvalue weighted by atomic mass is 10.2. The summed E-state index contributed by atoms with van der Waals surface area (Å²) in [5, 5.41) is 4.27. The zero-order valence-corrected chi connectivity index (χ0v) is 18.0. The van der Waals surface area contributed by atoms with E-state index in [2.05, 4.69) is 14.8 Å². The quantitative estimate of drug-likeness (QED) is 0.388. The highest BCUT2D eigenvalue weighted by atomic mass is 32.2. The first-order valence-electron chi connectivity index (χ1n) is 9.59. The summed E-state index contributed by atoms with van der Waals surface area (Å²) in [6.45, 7) is 1.99. The molecular weight excluding hydrogens is 449 g/mol. The summed E-state index contributed by atoms with van der Waals surface area (Å²) in [5.41, 5.74) is -1.23. The number of carbonyl (C=O) groups is 1. The molecule has 3 heterocycles. The van der Waals surface area contributed by atoms with E-state index >= 15 is 0 Å². The fourth-order valence-electron chi connectivity index (χ4n) is 3.06. The third kappa shape index (κ3) is 5.16. The topological polar surface area (TPSA) is 111 Å². The van der Waals surface area contributed by atoms with Crippen molar-refractivity contribution >= 4 is 33.2 Å². The summed E-state index contributed by atoms with van der Waals surface area (Å²) < 4.78 is 71.0. The van der Waals surface area contributed by atoms with Crippen molar-refractivity contribution in [2.24, 2.45) is 7.05 Å². The Balaban J connectivity index is 1.99. The van der Waals surface area contributed by atoms with Gasteiger partial charge in [-0.2, -0.15) is 31.4 Å². The molecule has 0 atom stereocenters. The van der Waals surface area contributed by atoms with Gasteiger partial charge in [-0.1, -0.05) is 13.3 Å². The number of hydrogen-bond donors (Lipinski definition) is 2. The molecule has 0 fully saturated rings. The van der Waals surface area contributed by atoms with E-state index in [1.54, 1.807) is 22.9 Å². The Bertz CT molecular complexity index is 1260. The maximum atomic E-state index is 13.6. The van der Waals surface area contributed by atoms with Gasteiger partial charge in [-0.15, -0.1) is 0 Å². The Hall–Kier alpha value is -3.19. The lowest BCUT2D eigenvalue weighted by Gasteiger charge is -2.08. The van der Waals surface area contributed by atoms with Gasteiger partial charge in [0.1, 0.15) is 11.5 Å². The van der Waals surface area contributed by atoms with Gasteiger partial charge < -0.3 is 0 Å². The van der Waals surface area contributed by atoms with Gasteiger partial charge >= 0.3 is 16.4 Å². The zero-order chi connectivity index (χ0) is 23.5. The van der Waals surface area contributed by atoms with Crippen LogP contribution in [0.2, 0.25) is 0 Å². The summed E-state index contributed by atoms with van der Waals surface area (Å²) in [6.07, 6.45) is 1.13. The first-order valence-corrected chi connectivity index (χ1v) is 11.1. The molecule has 3 aromatic rings. The second-order valence-electron chi connectivity index (χ2n) is 6.86. The van der Waals surface area contributed by atoms with Crippen LogP contribution in [0.1, 0.15) is 31.0 Å². The number of carbonyl (C=O) groups excluding carboxylic acids is 1. The Labute approximate surface area is 182 Å². The molecule has 0 unspecified atom stereocenters. The van der Waals surface area contributed by atoms with E-state index in [9.17, 15) is 26.4 Å². The van der Waals surface area contributed by atoms with E-state index in [-0.39, 0.29) is 12.4 Å². The summed E-state index contributed by atoms with van der Waals surface area (Å²) >= 11 is 0. The predicted octanol–water partition coefficient (Wildman–Crippen LogP) is 2.54. The third-order valence-electron chi connectivity index (χ3n) is 4.46. The van der Waals surface area contributed by atoms with Crippen LogP contribution in [0.25, 0.3) is 22.9 Å². The van der Waals surface area contributed by atoms with Crippen molar-refractivity contribution in [2.45, 2.75) is 25.9 Å². The molecule has 1 amide bonds. The Kier molecular flexibility index (Phi) is 6.69. The van der Waals surface area contributed by atoms with Crippen LogP contribution in [0.5, 0.6) is 0 Å². The molecule has 172 valence electrons. The number of aryl methyl sites for hydroxylation is 1. The van der Waals surface area contributed by atoms with Crippen LogP contribution in [0.3, 0.4) is 0 Å². The zero-order valence-electron chi connectivity index (χ0n) is 17.2. The van der Waals surface area contributed by atoms with Crippen LogP contribution in [-0.2, 0) is 28.2 Å². The molecule has 9 nitrogen and oxygen atoms in total. The fraction of sp³-hybridized carbons (Fsp3) is 0.316. The molecule has 0 aromatic carbocycles. The first kappa shape index (κ1) is 23.5. The molecule has 0 saturated heterocycles. The second-order valence-corrected chi connectivity index (χ2v) is 8.36. The van der Waals surface area contributed by atoms with E-state index in [1.165, 1.54) is 24.0 Å². The Morgan fingerprint density at radius 3 is 2.72 bits per heavy atom. The van der Waals surface area contributed by atoms with Gasteiger partial charge in [-0.25, -0.2) is 9.71 Å². The molecule has 0 radical (unpaired) electrons. The SMILES string of the molecule is CCCCNS(=O)(=O)NC(=O)C=Cc1c(C(F)(F)F)nn(C)c1-n1ccc2cccnc21. The van der Waals surface area contributed by atoms with Gasteiger partial charge in [0, 0.05) is 37.4 Å². The normalized spacial score (nSPS) is 12.7. The predicted molar refractivity (Wildman–Crippen MR) is 112 cm³/mol. The van der Waals surface area contributed by atoms with Crippen LogP contribution >= 0.6 is 0 Å². The summed E-state index contributed by atoms with van der Waals surface area (Å²) in [4.78, 5) is 16.3. The smallest absolute Gasteiger partial charge is 0.285 e. The first-order chi connectivity index (χ1) is 15.0. The second kappa shape index (κ2) is 9.12. The summed E-state index contributed by atoms with van der Waals surface area (Å²) in [7, 11) is -2.80. The highest BCUT2D eigenvalue weighted by Crippen LogP contribution is 2.35. The average molecular weight is 470 g/mol. The number of unbranched alkanes of at least 4 members (excludes halogenated alkanes) is 1. The molecule has 3 rings (SSSR count). The Morgan fingerprint density at radius 2 is 2.03 bits per heavy atom. The summed E-state index contributed by atoms with van der Waals surface area (Å²) in [5.74, 6) is -1.09. The van der Waals surface area contributed by atoms with Gasteiger partial charge in [0.05, 0.1) is 5.56 Å². The minimum Gasteiger partial charge on any atom is -0.285 e. The number of hydrogen-bond acceptors (Lipinski definition) is 5. The number of rotatable bonds is 8. The standard InChI is InChI=1S/C19H21F3N6O3S/c1-3-4-11-24-32(30,31)26-15(29)8-7-14-16(19(20,21)22)25-27(2)18(14)28-12-9-13-6-5-10-23-17(13)28/h5-10,12,24H,3-4,11H2,1-2H3,(H,26,29). The van der Waals surface area contributed by atoms with Crippen molar-refractivity contribution in [3.63, 3.8) is 0 Å². The molecule has 0 bridgehead atoms. The number of aromatic nitrogens is 4. The minimum absolute atomic E-state index is 0.0130. The van der Waals surface area contributed by atoms with Gasteiger partial charge in [-0.3, -0.25) is 14.0 Å². The molecule has 13 heteroatoms. The number of nitrogens with one attached hydrogen (secondary N) is 2. The molecule has 0 aliphatic rings. The number of pyridine rings is 1. The summed E-state index contributed by atoms with van der Waals surface area (Å²) in [6, 6.07) is 5.12. The van der Waals surface area contributed by atoms with Gasteiger partial charge in [-0.05, 0) is 30.7 Å². The van der Waals surface area contributed by atoms with E-state index in [4.69, 9.17) is 0 Å². The van der Waals surface area contributed by atoms with Crippen LogP contribution in [-0.4, -0.2) is 40.2 Å². The number of amides is 1. The third-order valence-corrected chi connectivity index (χ3v) is 5.51. The molecule has 2 N–H and O–H groups in total. The van der Waals surface area contributed by atoms with Crippen molar-refractivity contribution in [3.8, 4) is 5.82 Å². The van der Waals surface area contributed by atoms with E-state index in [1.807, 2.05) is 6.92 Å². The average Bonchev–Trinajstić information content (AvgIpc) is 3.26. The van der Waals surface area contributed by atoms with E-state index in [0.29, 0.717) is 23.5 Å². The Morgan fingerprint density at radius 1 is 1.28 bits per heavy atom. The van der Waals surface area contributed by atoms with Crippen LogP contribution in [0, 0.1) is 0 Å². The number of nitrogens with zero attached hydrogens (tertiary/aromatic N) is 4. The maximum Gasteiger partial charge on any atom is 0.435 e. The van der Waals surface area contributed by atoms with Gasteiger partial charge in [0.25, 0.3) is 5.91 Å². The highest BCUT2D eigenvalue weighted by molar-refractivity contribution is 7.88. The number of alkyl halides is 3. The largest absolute Gasteiger partial charge is 0.435 e. The molecule has 0 spiro atoms. The van der Waals surface area contributed by atoms with Crippen molar-refractivity contribution in [1.29, 1.82) is 0 Å². The maximum absolute atomic E-state index is 13.6. The molecule has 0 aliphatic carbocycles. The monoisotopic (exact) mass is 470 g/mol. The molecule has 3 aromatic heterocycles. The number of halogens is 3. The molecule has 0 saturated carbocycles. The molecule has 32 heavy (non-hydrogen) atoms. The minimum atomic E-state index is -4.81. The lowest BCUT2D eigenvalue weighted by molar-refractivity contribution is -0.141. The van der Waals surface area contributed by atoms with Crippen molar-refractivity contribution < 1.29 is 26.4 Å². The van der Waals surface area contributed by atoms with Crippen molar-refractivity contribution in [1.82, 2.24) is 28.8 Å². The van der Waals surface area contributed by atoms with E-state index in [0.717, 1.165) is 17.2 Å². The fourth-order valence-corrected chi connectivity index (χ4v) is 3.88. The van der Waals surface area contributed by atoms with Crippen LogP contribution < -0.4 is 9.44 Å². The van der Waals surface area contributed by atoms with Crippen LogP contribution in [0.4, 0.5) is 13.2 Å². The van der Waals surface area contributed by atoms with E-state index < -0.39 is 33.6 Å². The van der Waals surface area contributed by atoms with Crippen molar-refractivity contribution in [3.05, 3.63) is 47.9 Å². The number of fused-ring (bicyclic) bond motifs is 1. The van der Waals surface area contributed by atoms with Crippen molar-refractivity contribution in [2.75, 3.05) is 6.54 Å².